The number of amides is 3. The minimum absolute atomic E-state index is 0.159. The minimum Gasteiger partial charge on any atom is -0.342 e. The Hall–Kier alpha value is -4.34. The van der Waals surface area contributed by atoms with E-state index in [0.717, 1.165) is 27.6 Å². The lowest BCUT2D eigenvalue weighted by atomic mass is 10.1. The monoisotopic (exact) mass is 466 g/mol. The van der Waals surface area contributed by atoms with Crippen molar-refractivity contribution in [3.8, 4) is 6.07 Å². The van der Waals surface area contributed by atoms with Crippen LogP contribution in [0.3, 0.4) is 0 Å². The van der Waals surface area contributed by atoms with Crippen molar-refractivity contribution in [1.29, 1.82) is 5.26 Å². The van der Waals surface area contributed by atoms with Crippen molar-refractivity contribution in [3.63, 3.8) is 0 Å². The van der Waals surface area contributed by atoms with Crippen LogP contribution < -0.4 is 5.32 Å². The number of para-hydroxylation sites is 1. The van der Waals surface area contributed by atoms with Crippen molar-refractivity contribution >= 4 is 40.5 Å². The zero-order chi connectivity index (χ0) is 23.7. The molecule has 4 aromatic rings. The molecule has 0 spiro atoms. The minimum atomic E-state index is -0.460. The second-order valence-electron chi connectivity index (χ2n) is 8.00. The molecule has 7 heteroatoms. The predicted octanol–water partition coefficient (Wildman–Crippen LogP) is 5.31. The van der Waals surface area contributed by atoms with E-state index in [1.807, 2.05) is 53.2 Å². The first kappa shape index (κ1) is 21.5. The Morgan fingerprint density at radius 3 is 2.47 bits per heavy atom. The Labute approximate surface area is 201 Å². The molecule has 0 saturated carbocycles. The fourth-order valence-electron chi connectivity index (χ4n) is 4.11. The number of rotatable bonds is 5. The molecule has 0 atom stereocenters. The third-order valence-corrected chi connectivity index (χ3v) is 6.07. The fourth-order valence-corrected chi connectivity index (χ4v) is 4.24. The van der Waals surface area contributed by atoms with E-state index in [4.69, 9.17) is 11.6 Å². The van der Waals surface area contributed by atoms with Crippen LogP contribution in [0.2, 0.25) is 5.02 Å². The van der Waals surface area contributed by atoms with Crippen LogP contribution in [0.25, 0.3) is 17.0 Å². The first-order valence-electron chi connectivity index (χ1n) is 10.7. The molecule has 1 N–H and O–H groups in total. The quantitative estimate of drug-likeness (QED) is 0.320. The Kier molecular flexibility index (Phi) is 5.62. The molecule has 1 fully saturated rings. The fraction of sp³-hybridized carbons (Fsp3) is 0.0741. The van der Waals surface area contributed by atoms with Crippen molar-refractivity contribution in [1.82, 2.24) is 14.8 Å². The summed E-state index contributed by atoms with van der Waals surface area (Å²) in [7, 11) is 0. The van der Waals surface area contributed by atoms with E-state index in [0.29, 0.717) is 17.1 Å². The van der Waals surface area contributed by atoms with Gasteiger partial charge in [-0.05, 0) is 41.5 Å². The highest BCUT2D eigenvalue weighted by atomic mass is 35.5. The molecule has 0 unspecified atom stereocenters. The van der Waals surface area contributed by atoms with Crippen LogP contribution in [-0.4, -0.2) is 21.4 Å². The molecule has 0 bridgehead atoms. The highest BCUT2D eigenvalue weighted by Gasteiger charge is 2.33. The maximum absolute atomic E-state index is 13.0. The van der Waals surface area contributed by atoms with Crippen LogP contribution in [-0.2, 0) is 17.9 Å². The molecule has 1 aliphatic rings. The van der Waals surface area contributed by atoms with Crippen LogP contribution in [0, 0.1) is 11.3 Å². The summed E-state index contributed by atoms with van der Waals surface area (Å²) in [5.41, 5.74) is 4.33. The van der Waals surface area contributed by atoms with E-state index in [1.54, 1.807) is 36.4 Å². The highest BCUT2D eigenvalue weighted by molar-refractivity contribution is 6.30. The van der Waals surface area contributed by atoms with Gasteiger partial charge in [0.15, 0.2) is 0 Å². The summed E-state index contributed by atoms with van der Waals surface area (Å²) in [6, 6.07) is 24.1. The summed E-state index contributed by atoms with van der Waals surface area (Å²) < 4.78 is 2.05. The molecule has 0 radical (unpaired) electrons. The summed E-state index contributed by atoms with van der Waals surface area (Å²) in [6.07, 6.45) is 3.64. The topological polar surface area (TPSA) is 78.1 Å². The molecule has 5 rings (SSSR count). The number of nitriles is 1. The van der Waals surface area contributed by atoms with Crippen LogP contribution in [0.5, 0.6) is 0 Å². The first-order valence-corrected chi connectivity index (χ1v) is 11.1. The Balaban J connectivity index is 1.47. The van der Waals surface area contributed by atoms with E-state index < -0.39 is 6.03 Å². The number of fused-ring (bicyclic) bond motifs is 1. The van der Waals surface area contributed by atoms with Gasteiger partial charge in [0, 0.05) is 34.2 Å². The predicted molar refractivity (Wildman–Crippen MR) is 131 cm³/mol. The standard InChI is InChI=1S/C27H19ClN4O2/c28-22-11-9-18(10-12-22)15-32-26(33)24(30-27(32)34)13-21-17-31(25-8-4-3-7-23(21)25)16-20-6-2-1-5-19(20)14-29/h1-13,17H,15-16H2,(H,30,34)/b24-13-. The van der Waals surface area contributed by atoms with Gasteiger partial charge in [0.05, 0.1) is 18.2 Å². The number of hydrogen-bond donors (Lipinski definition) is 1. The number of hydrogen-bond acceptors (Lipinski definition) is 3. The first-order chi connectivity index (χ1) is 16.5. The van der Waals surface area contributed by atoms with Gasteiger partial charge < -0.3 is 9.88 Å². The average Bonchev–Trinajstić information content (AvgIpc) is 3.33. The van der Waals surface area contributed by atoms with Crippen molar-refractivity contribution in [2.45, 2.75) is 13.1 Å². The summed E-state index contributed by atoms with van der Waals surface area (Å²) in [4.78, 5) is 26.7. The van der Waals surface area contributed by atoms with Gasteiger partial charge in [-0.3, -0.25) is 9.69 Å². The third-order valence-electron chi connectivity index (χ3n) is 5.81. The summed E-state index contributed by atoms with van der Waals surface area (Å²) in [6.45, 7) is 0.669. The number of nitrogens with one attached hydrogen (secondary N) is 1. The number of carbonyl (C=O) groups excluding carboxylic acids is 2. The molecule has 3 amide bonds. The van der Waals surface area contributed by atoms with E-state index in [-0.39, 0.29) is 18.1 Å². The number of urea groups is 1. The lowest BCUT2D eigenvalue weighted by molar-refractivity contribution is -0.123. The van der Waals surface area contributed by atoms with Gasteiger partial charge in [-0.25, -0.2) is 4.79 Å². The van der Waals surface area contributed by atoms with Gasteiger partial charge in [-0.2, -0.15) is 5.26 Å². The molecule has 2 heterocycles. The normalized spacial score (nSPS) is 14.6. The van der Waals surface area contributed by atoms with Crippen LogP contribution in [0.4, 0.5) is 4.79 Å². The number of benzene rings is 3. The van der Waals surface area contributed by atoms with E-state index in [1.165, 1.54) is 4.90 Å². The van der Waals surface area contributed by atoms with E-state index >= 15 is 0 Å². The molecule has 6 nitrogen and oxygen atoms in total. The molecule has 166 valence electrons. The third kappa shape index (κ3) is 4.05. The largest absolute Gasteiger partial charge is 0.342 e. The maximum Gasteiger partial charge on any atom is 0.329 e. The van der Waals surface area contributed by atoms with Crippen LogP contribution in [0.1, 0.15) is 22.3 Å². The second-order valence-corrected chi connectivity index (χ2v) is 8.44. The van der Waals surface area contributed by atoms with Gasteiger partial charge in [0.25, 0.3) is 5.91 Å². The number of imide groups is 1. The Morgan fingerprint density at radius 1 is 0.941 bits per heavy atom. The van der Waals surface area contributed by atoms with Gasteiger partial charge in [-0.15, -0.1) is 0 Å². The number of carbonyl (C=O) groups is 2. The average molecular weight is 467 g/mol. The van der Waals surface area contributed by atoms with Gasteiger partial charge >= 0.3 is 6.03 Å². The zero-order valence-corrected chi connectivity index (χ0v) is 18.8. The summed E-state index contributed by atoms with van der Waals surface area (Å²) in [5, 5.41) is 13.7. The molecular formula is C27H19ClN4O2. The number of aromatic nitrogens is 1. The molecular weight excluding hydrogens is 448 g/mol. The molecule has 1 aliphatic heterocycles. The molecule has 34 heavy (non-hydrogen) atoms. The number of nitrogens with zero attached hydrogens (tertiary/aromatic N) is 3. The smallest absolute Gasteiger partial charge is 0.329 e. The summed E-state index contributed by atoms with van der Waals surface area (Å²) in [5.74, 6) is -0.383. The van der Waals surface area contributed by atoms with Gasteiger partial charge in [0.1, 0.15) is 5.70 Å². The van der Waals surface area contributed by atoms with Crippen molar-refractivity contribution in [2.24, 2.45) is 0 Å². The van der Waals surface area contributed by atoms with Crippen molar-refractivity contribution in [3.05, 3.63) is 112 Å². The molecule has 1 saturated heterocycles. The molecule has 0 aliphatic carbocycles. The SMILES string of the molecule is N#Cc1ccccc1Cn1cc(/C=C2\NC(=O)N(Cc3ccc(Cl)cc3)C2=O)c2ccccc21. The Morgan fingerprint density at radius 2 is 1.68 bits per heavy atom. The zero-order valence-electron chi connectivity index (χ0n) is 18.0. The maximum atomic E-state index is 13.0. The van der Waals surface area contributed by atoms with Crippen LogP contribution in [0.15, 0.2) is 84.7 Å². The van der Waals surface area contributed by atoms with E-state index in [2.05, 4.69) is 11.4 Å². The van der Waals surface area contributed by atoms with Gasteiger partial charge in [0.2, 0.25) is 0 Å². The Bertz CT molecular complexity index is 1500. The number of halogens is 1. The van der Waals surface area contributed by atoms with Crippen LogP contribution >= 0.6 is 11.6 Å². The lowest BCUT2D eigenvalue weighted by Gasteiger charge is -2.11. The lowest BCUT2D eigenvalue weighted by Crippen LogP contribution is -2.30. The van der Waals surface area contributed by atoms with E-state index in [9.17, 15) is 14.9 Å². The molecule has 1 aromatic heterocycles. The van der Waals surface area contributed by atoms with Crippen molar-refractivity contribution in [2.75, 3.05) is 0 Å². The molecule has 3 aromatic carbocycles. The summed E-state index contributed by atoms with van der Waals surface area (Å²) >= 11 is 5.93. The highest BCUT2D eigenvalue weighted by Crippen LogP contribution is 2.26. The van der Waals surface area contributed by atoms with Crippen molar-refractivity contribution < 1.29 is 9.59 Å². The van der Waals surface area contributed by atoms with Gasteiger partial charge in [-0.1, -0.05) is 60.1 Å². The second kappa shape index (κ2) is 8.89.